The maximum Gasteiger partial charge on any atom is 0.623 e. The van der Waals surface area contributed by atoms with Crippen LogP contribution in [0.25, 0.3) is 0 Å². The molecule has 54 valence electrons. The van der Waals surface area contributed by atoms with E-state index >= 15 is 0 Å². The Morgan fingerprint density at radius 2 is 1.78 bits per heavy atom. The minimum absolute atomic E-state index is 1.18. The fourth-order valence-electron chi connectivity index (χ4n) is 0.398. The average molecular weight is 154 g/mol. The smallest absolute Gasteiger partial charge is 0.237 e. The average Bonchev–Trinajstić information content (AvgIpc) is 1.64. The van der Waals surface area contributed by atoms with Gasteiger partial charge in [-0.2, -0.15) is 0 Å². The molecule has 0 aliphatic carbocycles. The second-order valence-electron chi connectivity index (χ2n) is 1.86. The van der Waals surface area contributed by atoms with Crippen LogP contribution in [0.3, 0.4) is 0 Å². The predicted molar refractivity (Wildman–Crippen MR) is 33.3 cm³/mol. The highest BCUT2D eigenvalue weighted by molar-refractivity contribution is 6.60. The number of rotatable bonds is 2. The molecule has 0 N–H and O–H groups in total. The van der Waals surface area contributed by atoms with Crippen LogP contribution in [0, 0.1) is 0 Å². The molecule has 0 aliphatic rings. The van der Waals surface area contributed by atoms with Gasteiger partial charge in [-0.25, -0.2) is 12.3 Å². The Balaban J connectivity index is 3.88. The first-order chi connectivity index (χ1) is 3.98. The fraction of sp³-hybridized carbons (Fsp3) is 0.600. The van der Waals surface area contributed by atoms with Gasteiger partial charge in [0.05, 0.1) is 5.54 Å². The molecule has 0 aromatic rings. The molecule has 0 aromatic heterocycles. The van der Waals surface area contributed by atoms with Crippen molar-refractivity contribution < 1.29 is 12.3 Å². The van der Waals surface area contributed by atoms with Crippen LogP contribution in [0.15, 0.2) is 12.2 Å². The van der Waals surface area contributed by atoms with Gasteiger partial charge >= 0.3 is 9.08 Å². The van der Waals surface area contributed by atoms with Gasteiger partial charge in [0, 0.05) is 0 Å². The summed E-state index contributed by atoms with van der Waals surface area (Å²) in [5.74, 6) is 0. The lowest BCUT2D eigenvalue weighted by Crippen LogP contribution is -2.19. The van der Waals surface area contributed by atoms with E-state index in [4.69, 9.17) is 0 Å². The third-order valence-electron chi connectivity index (χ3n) is 0.997. The first kappa shape index (κ1) is 8.75. The normalized spacial score (nSPS) is 16.6. The Labute approximate surface area is 53.9 Å². The molecule has 9 heavy (non-hydrogen) atoms. The summed E-state index contributed by atoms with van der Waals surface area (Å²) in [6.45, 7) is 2.78. The largest absolute Gasteiger partial charge is 0.623 e. The van der Waals surface area contributed by atoms with Crippen molar-refractivity contribution in [2.24, 2.45) is 0 Å². The summed E-state index contributed by atoms with van der Waals surface area (Å²) in [7, 11) is -5.37. The van der Waals surface area contributed by atoms with E-state index in [1.807, 2.05) is 0 Å². The van der Waals surface area contributed by atoms with Crippen LogP contribution in [0.4, 0.5) is 12.3 Å². The van der Waals surface area contributed by atoms with E-state index in [2.05, 4.69) is 0 Å². The lowest BCUT2D eigenvalue weighted by Gasteiger charge is -2.05. The van der Waals surface area contributed by atoms with Gasteiger partial charge < -0.3 is 0 Å². The highest BCUT2D eigenvalue weighted by Crippen LogP contribution is 2.26. The summed E-state index contributed by atoms with van der Waals surface area (Å²) < 4.78 is 35.2. The van der Waals surface area contributed by atoms with Crippen molar-refractivity contribution in [1.82, 2.24) is 0 Å². The molecular weight excluding hydrogens is 145 g/mol. The summed E-state index contributed by atoms with van der Waals surface area (Å²) in [5, 5.41) is 0. The third kappa shape index (κ3) is 3.34. The molecule has 0 fully saturated rings. The molecule has 4 heteroatoms. The molecular formula is C5H9F3Si. The molecule has 0 aromatic carbocycles. The topological polar surface area (TPSA) is 0 Å². The van der Waals surface area contributed by atoms with Gasteiger partial charge in [0.1, 0.15) is 0 Å². The van der Waals surface area contributed by atoms with E-state index in [0.29, 0.717) is 0 Å². The van der Waals surface area contributed by atoms with Crippen LogP contribution in [0.5, 0.6) is 0 Å². The van der Waals surface area contributed by atoms with E-state index < -0.39 is 14.6 Å². The molecule has 1 atom stereocenters. The Hall–Kier alpha value is -0.253. The molecule has 0 saturated carbocycles. The molecule has 0 amide bonds. The van der Waals surface area contributed by atoms with Crippen molar-refractivity contribution in [3.8, 4) is 0 Å². The van der Waals surface area contributed by atoms with Crippen molar-refractivity contribution in [3.05, 3.63) is 12.2 Å². The van der Waals surface area contributed by atoms with E-state index in [1.54, 1.807) is 6.92 Å². The Kier molecular flexibility index (Phi) is 2.97. The minimum atomic E-state index is -5.37. The van der Waals surface area contributed by atoms with Gasteiger partial charge in [-0.15, -0.1) is 0 Å². The summed E-state index contributed by atoms with van der Waals surface area (Å²) >= 11 is 0. The monoisotopic (exact) mass is 154 g/mol. The molecule has 0 aliphatic heterocycles. The van der Waals surface area contributed by atoms with E-state index in [1.165, 1.54) is 19.1 Å². The van der Waals surface area contributed by atoms with E-state index in [0.717, 1.165) is 0 Å². The molecule has 0 radical (unpaired) electrons. The van der Waals surface area contributed by atoms with Crippen molar-refractivity contribution in [2.45, 2.75) is 19.4 Å². The van der Waals surface area contributed by atoms with Gasteiger partial charge in [-0.1, -0.05) is 19.1 Å². The zero-order valence-corrected chi connectivity index (χ0v) is 6.37. The highest BCUT2D eigenvalue weighted by atomic mass is 28.5. The second kappa shape index (κ2) is 3.05. The van der Waals surface area contributed by atoms with Crippen LogP contribution in [0.1, 0.15) is 13.8 Å². The number of halogens is 3. The van der Waals surface area contributed by atoms with Crippen molar-refractivity contribution >= 4 is 9.08 Å². The highest BCUT2D eigenvalue weighted by Gasteiger charge is 2.42. The van der Waals surface area contributed by atoms with Crippen LogP contribution < -0.4 is 0 Å². The molecule has 0 bridgehead atoms. The third-order valence-corrected chi connectivity index (χ3v) is 2.22. The zero-order valence-electron chi connectivity index (χ0n) is 5.37. The lowest BCUT2D eigenvalue weighted by molar-refractivity contribution is 0.456. The standard InChI is InChI=1S/C5H9F3Si/c1-3-4-5(2)9(6,7)8/h3-5H,1-2H3. The fourth-order valence-corrected chi connectivity index (χ4v) is 0.808. The van der Waals surface area contributed by atoms with Crippen molar-refractivity contribution in [2.75, 3.05) is 0 Å². The Bertz CT molecular complexity index is 105. The number of hydrogen-bond acceptors (Lipinski definition) is 0. The first-order valence-corrected chi connectivity index (χ1v) is 4.39. The molecule has 0 saturated heterocycles. The van der Waals surface area contributed by atoms with Crippen molar-refractivity contribution in [3.63, 3.8) is 0 Å². The predicted octanol–water partition coefficient (Wildman–Crippen LogP) is 2.80. The summed E-state index contributed by atoms with van der Waals surface area (Å²) in [5.41, 5.74) is -1.18. The van der Waals surface area contributed by atoms with Crippen LogP contribution in [0.2, 0.25) is 5.54 Å². The SMILES string of the molecule is CC=CC(C)[Si](F)(F)F. The molecule has 0 heterocycles. The minimum Gasteiger partial charge on any atom is -0.237 e. The zero-order chi connectivity index (χ0) is 7.49. The number of hydrogen-bond donors (Lipinski definition) is 0. The number of allylic oxidation sites excluding steroid dienone is 2. The van der Waals surface area contributed by atoms with Gasteiger partial charge in [0.15, 0.2) is 0 Å². The molecule has 0 spiro atoms. The van der Waals surface area contributed by atoms with E-state index in [9.17, 15) is 12.3 Å². The molecule has 0 nitrogen and oxygen atoms in total. The molecule has 0 rings (SSSR count). The quantitative estimate of drug-likeness (QED) is 0.326. The van der Waals surface area contributed by atoms with Gasteiger partial charge in [0.2, 0.25) is 0 Å². The summed E-state index contributed by atoms with van der Waals surface area (Å²) in [6.07, 6.45) is 2.62. The van der Waals surface area contributed by atoms with E-state index in [-0.39, 0.29) is 0 Å². The Morgan fingerprint density at radius 1 is 1.33 bits per heavy atom. The molecule has 1 unspecified atom stereocenters. The lowest BCUT2D eigenvalue weighted by atomic mass is 10.4. The first-order valence-electron chi connectivity index (χ1n) is 2.68. The summed E-state index contributed by atoms with van der Waals surface area (Å²) in [6, 6.07) is 0. The van der Waals surface area contributed by atoms with Crippen LogP contribution in [-0.2, 0) is 0 Å². The van der Waals surface area contributed by atoms with Gasteiger partial charge in [0.25, 0.3) is 0 Å². The maximum atomic E-state index is 11.7. The van der Waals surface area contributed by atoms with Crippen molar-refractivity contribution in [1.29, 1.82) is 0 Å². The maximum absolute atomic E-state index is 11.7. The van der Waals surface area contributed by atoms with Gasteiger partial charge in [-0.05, 0) is 6.92 Å². The Morgan fingerprint density at radius 3 is 1.89 bits per heavy atom. The van der Waals surface area contributed by atoms with Gasteiger partial charge in [-0.3, -0.25) is 0 Å². The second-order valence-corrected chi connectivity index (χ2v) is 3.85. The summed E-state index contributed by atoms with van der Waals surface area (Å²) in [4.78, 5) is 0. The van der Waals surface area contributed by atoms with Crippen LogP contribution in [-0.4, -0.2) is 9.08 Å². The van der Waals surface area contributed by atoms with Crippen LogP contribution >= 0.6 is 0 Å².